The first-order valence-corrected chi connectivity index (χ1v) is 7.60. The average molecular weight is 283 g/mol. The van der Waals surface area contributed by atoms with Gasteiger partial charge in [-0.1, -0.05) is 6.07 Å². The number of aryl methyl sites for hydroxylation is 1. The van der Waals surface area contributed by atoms with E-state index in [0.29, 0.717) is 9.90 Å². The Bertz CT molecular complexity index is 633. The number of ether oxygens (including phenoxy) is 1. The Labute approximate surface area is 110 Å². The Morgan fingerprint density at radius 3 is 2.61 bits per heavy atom. The van der Waals surface area contributed by atoms with Crippen LogP contribution in [0.25, 0.3) is 0 Å². The molecule has 0 aliphatic carbocycles. The van der Waals surface area contributed by atoms with Crippen molar-refractivity contribution in [2.45, 2.75) is 11.1 Å². The molecule has 1 aromatic carbocycles. The number of rotatable bonds is 4. The van der Waals surface area contributed by atoms with Crippen LogP contribution in [0.4, 0.5) is 5.69 Å². The summed E-state index contributed by atoms with van der Waals surface area (Å²) in [5.74, 6) is 0.731. The topological polar surface area (TPSA) is 55.4 Å². The molecule has 0 aliphatic heterocycles. The molecule has 0 aliphatic rings. The summed E-state index contributed by atoms with van der Waals surface area (Å²) in [6, 6.07) is 8.43. The van der Waals surface area contributed by atoms with Crippen molar-refractivity contribution in [3.8, 4) is 5.75 Å². The highest BCUT2D eigenvalue weighted by Gasteiger charge is 2.15. The van der Waals surface area contributed by atoms with Gasteiger partial charge in [0, 0.05) is 5.69 Å². The van der Waals surface area contributed by atoms with Gasteiger partial charge in [0.2, 0.25) is 0 Å². The van der Waals surface area contributed by atoms with Gasteiger partial charge in [-0.25, -0.2) is 8.42 Å². The van der Waals surface area contributed by atoms with E-state index in [9.17, 15) is 8.42 Å². The van der Waals surface area contributed by atoms with Crippen LogP contribution >= 0.6 is 11.3 Å². The van der Waals surface area contributed by atoms with E-state index < -0.39 is 10.0 Å². The number of anilines is 1. The van der Waals surface area contributed by atoms with Crippen molar-refractivity contribution in [1.82, 2.24) is 0 Å². The highest BCUT2D eigenvalue weighted by atomic mass is 32.2. The van der Waals surface area contributed by atoms with E-state index in [-0.39, 0.29) is 0 Å². The molecular formula is C12H13NO3S2. The maximum absolute atomic E-state index is 12.0. The second-order valence-corrected chi connectivity index (χ2v) is 6.58. The Kier molecular flexibility index (Phi) is 3.58. The first-order chi connectivity index (χ1) is 8.53. The fraction of sp³-hybridized carbons (Fsp3) is 0.167. The zero-order chi connectivity index (χ0) is 13.2. The first-order valence-electron chi connectivity index (χ1n) is 5.24. The van der Waals surface area contributed by atoms with Gasteiger partial charge < -0.3 is 4.74 Å². The maximum atomic E-state index is 12.0. The van der Waals surface area contributed by atoms with Crippen LogP contribution in [0, 0.1) is 6.92 Å². The van der Waals surface area contributed by atoms with Crippen LogP contribution in [0.1, 0.15) is 5.56 Å². The molecule has 18 heavy (non-hydrogen) atoms. The van der Waals surface area contributed by atoms with E-state index in [1.807, 2.05) is 6.92 Å². The van der Waals surface area contributed by atoms with Gasteiger partial charge in [-0.15, -0.1) is 11.3 Å². The van der Waals surface area contributed by atoms with Crippen LogP contribution in [-0.4, -0.2) is 15.5 Å². The van der Waals surface area contributed by atoms with Gasteiger partial charge >= 0.3 is 0 Å². The highest BCUT2D eigenvalue weighted by Crippen LogP contribution is 2.24. The first kappa shape index (κ1) is 12.9. The van der Waals surface area contributed by atoms with Crippen LogP contribution in [0.2, 0.25) is 0 Å². The fourth-order valence-electron chi connectivity index (χ4n) is 1.56. The van der Waals surface area contributed by atoms with E-state index >= 15 is 0 Å². The van der Waals surface area contributed by atoms with E-state index in [2.05, 4.69) is 4.72 Å². The molecule has 0 bridgehead atoms. The zero-order valence-electron chi connectivity index (χ0n) is 10.0. The number of benzene rings is 1. The molecule has 2 rings (SSSR count). The lowest BCUT2D eigenvalue weighted by atomic mass is 10.2. The molecule has 0 radical (unpaired) electrons. The third-order valence-corrected chi connectivity index (χ3v) is 5.19. The van der Waals surface area contributed by atoms with Gasteiger partial charge in [0.05, 0.1) is 7.11 Å². The molecule has 0 unspecified atom stereocenters. The number of methoxy groups -OCH3 is 1. The molecule has 0 amide bonds. The lowest BCUT2D eigenvalue weighted by molar-refractivity contribution is 0.412. The molecule has 0 fully saturated rings. The summed E-state index contributed by atoms with van der Waals surface area (Å²) in [4.78, 5) is 0. The maximum Gasteiger partial charge on any atom is 0.271 e. The van der Waals surface area contributed by atoms with E-state index in [0.717, 1.165) is 11.3 Å². The summed E-state index contributed by atoms with van der Waals surface area (Å²) in [6.45, 7) is 1.86. The predicted molar refractivity (Wildman–Crippen MR) is 72.9 cm³/mol. The summed E-state index contributed by atoms with van der Waals surface area (Å²) in [6.07, 6.45) is 0. The molecule has 1 N–H and O–H groups in total. The molecule has 0 atom stereocenters. The van der Waals surface area contributed by atoms with E-state index in [1.165, 1.54) is 11.3 Å². The second kappa shape index (κ2) is 4.99. The Hall–Kier alpha value is -1.53. The summed E-state index contributed by atoms with van der Waals surface area (Å²) >= 11 is 1.19. The smallest absolute Gasteiger partial charge is 0.271 e. The van der Waals surface area contributed by atoms with Gasteiger partial charge in [-0.2, -0.15) is 0 Å². The van der Waals surface area contributed by atoms with Crippen molar-refractivity contribution >= 4 is 27.0 Å². The summed E-state index contributed by atoms with van der Waals surface area (Å²) in [5.41, 5.74) is 1.41. The second-order valence-electron chi connectivity index (χ2n) is 3.72. The lowest BCUT2D eigenvalue weighted by Gasteiger charge is -2.09. The minimum atomic E-state index is -3.48. The van der Waals surface area contributed by atoms with Crippen molar-refractivity contribution < 1.29 is 13.2 Å². The SMILES string of the molecule is COc1ccc(NS(=O)(=O)c2cccs2)cc1C. The molecule has 0 saturated carbocycles. The molecule has 6 heteroatoms. The molecule has 2 aromatic rings. The number of nitrogens with one attached hydrogen (secondary N) is 1. The summed E-state index contributed by atoms with van der Waals surface area (Å²) < 4.78 is 32.0. The van der Waals surface area contributed by atoms with Gasteiger partial charge in [0.1, 0.15) is 9.96 Å². The van der Waals surface area contributed by atoms with Gasteiger partial charge in [0.15, 0.2) is 0 Å². The summed E-state index contributed by atoms with van der Waals surface area (Å²) in [5, 5.41) is 1.73. The van der Waals surface area contributed by atoms with Crippen molar-refractivity contribution in [2.24, 2.45) is 0 Å². The molecular weight excluding hydrogens is 270 g/mol. The Morgan fingerprint density at radius 2 is 2.06 bits per heavy atom. The third-order valence-electron chi connectivity index (χ3n) is 2.41. The van der Waals surface area contributed by atoms with Gasteiger partial charge in [-0.3, -0.25) is 4.72 Å². The van der Waals surface area contributed by atoms with Crippen molar-refractivity contribution in [3.63, 3.8) is 0 Å². The minimum Gasteiger partial charge on any atom is -0.496 e. The van der Waals surface area contributed by atoms with E-state index in [1.54, 1.807) is 42.8 Å². The molecule has 1 heterocycles. The zero-order valence-corrected chi connectivity index (χ0v) is 11.6. The predicted octanol–water partition coefficient (Wildman–Crippen LogP) is 2.87. The normalized spacial score (nSPS) is 11.2. The van der Waals surface area contributed by atoms with Crippen LogP contribution in [0.5, 0.6) is 5.75 Å². The van der Waals surface area contributed by atoms with Crippen molar-refractivity contribution in [3.05, 3.63) is 41.3 Å². The Balaban J connectivity index is 2.27. The van der Waals surface area contributed by atoms with Gasteiger partial charge in [0.25, 0.3) is 10.0 Å². The largest absolute Gasteiger partial charge is 0.496 e. The average Bonchev–Trinajstić information content (AvgIpc) is 2.82. The monoisotopic (exact) mass is 283 g/mol. The van der Waals surface area contributed by atoms with Gasteiger partial charge in [-0.05, 0) is 42.1 Å². The van der Waals surface area contributed by atoms with Crippen LogP contribution in [0.15, 0.2) is 39.9 Å². The third kappa shape index (κ3) is 2.65. The van der Waals surface area contributed by atoms with Crippen LogP contribution in [-0.2, 0) is 10.0 Å². The number of sulfonamides is 1. The number of hydrogen-bond donors (Lipinski definition) is 1. The highest BCUT2D eigenvalue weighted by molar-refractivity contribution is 7.94. The molecule has 0 spiro atoms. The quantitative estimate of drug-likeness (QED) is 0.938. The van der Waals surface area contributed by atoms with Crippen molar-refractivity contribution in [1.29, 1.82) is 0 Å². The molecule has 0 saturated heterocycles. The standard InChI is InChI=1S/C12H13NO3S2/c1-9-8-10(5-6-11(9)16-2)13-18(14,15)12-4-3-7-17-12/h3-8,13H,1-2H3. The summed E-state index contributed by atoms with van der Waals surface area (Å²) in [7, 11) is -1.90. The van der Waals surface area contributed by atoms with Crippen LogP contribution in [0.3, 0.4) is 0 Å². The molecule has 4 nitrogen and oxygen atoms in total. The number of thiophene rings is 1. The number of hydrogen-bond acceptors (Lipinski definition) is 4. The minimum absolute atomic E-state index is 0.302. The Morgan fingerprint density at radius 1 is 1.28 bits per heavy atom. The molecule has 1 aromatic heterocycles. The van der Waals surface area contributed by atoms with E-state index in [4.69, 9.17) is 4.74 Å². The fourth-order valence-corrected chi connectivity index (χ4v) is 3.61. The molecule has 96 valence electrons. The van der Waals surface area contributed by atoms with Crippen LogP contribution < -0.4 is 9.46 Å². The van der Waals surface area contributed by atoms with Crippen molar-refractivity contribution in [2.75, 3.05) is 11.8 Å². The lowest BCUT2D eigenvalue weighted by Crippen LogP contribution is -2.11.